The van der Waals surface area contributed by atoms with Crippen LogP contribution in [0.2, 0.25) is 0 Å². The number of piperidine rings is 1. The molecule has 0 radical (unpaired) electrons. The third kappa shape index (κ3) is 4.94. The van der Waals surface area contributed by atoms with Gasteiger partial charge in [-0.05, 0) is 51.2 Å². The van der Waals surface area contributed by atoms with Crippen molar-refractivity contribution in [1.29, 1.82) is 0 Å². The van der Waals surface area contributed by atoms with Crippen LogP contribution in [0.5, 0.6) is 0 Å². The lowest BCUT2D eigenvalue weighted by atomic mass is 9.93. The molecular formula is C19H25N3O3S. The lowest BCUT2D eigenvalue weighted by molar-refractivity contribution is -0.121. The van der Waals surface area contributed by atoms with Crippen molar-refractivity contribution >= 4 is 23.2 Å². The number of hydrogen-bond acceptors (Lipinski definition) is 5. The molecule has 0 unspecified atom stereocenters. The Morgan fingerprint density at radius 1 is 1.38 bits per heavy atom. The summed E-state index contributed by atoms with van der Waals surface area (Å²) in [5, 5.41) is 5.62. The third-order valence-electron chi connectivity index (χ3n) is 4.68. The summed E-state index contributed by atoms with van der Waals surface area (Å²) in [7, 11) is 0. The molecule has 1 fully saturated rings. The van der Waals surface area contributed by atoms with Crippen LogP contribution in [0.25, 0.3) is 0 Å². The van der Waals surface area contributed by atoms with Gasteiger partial charge >= 0.3 is 0 Å². The minimum absolute atomic E-state index is 0.0108. The number of hydrogen-bond donors (Lipinski definition) is 1. The van der Waals surface area contributed by atoms with E-state index in [1.807, 2.05) is 36.3 Å². The zero-order chi connectivity index (χ0) is 18.5. The minimum atomic E-state index is 0.0108. The highest BCUT2D eigenvalue weighted by atomic mass is 32.1. The van der Waals surface area contributed by atoms with Gasteiger partial charge in [-0.25, -0.2) is 4.98 Å². The summed E-state index contributed by atoms with van der Waals surface area (Å²) >= 11 is 1.50. The predicted molar refractivity (Wildman–Crippen MR) is 100 cm³/mol. The van der Waals surface area contributed by atoms with E-state index in [1.54, 1.807) is 0 Å². The van der Waals surface area contributed by atoms with Gasteiger partial charge in [-0.2, -0.15) is 0 Å². The Morgan fingerprint density at radius 2 is 2.23 bits per heavy atom. The molecule has 140 valence electrons. The standard InChI is InChI=1S/C19H25N3O3S/c1-13-5-7-16(25-13)10-20-18(23)8-6-15-4-3-9-22(11-15)19(24)17-12-26-14(2)21-17/h5,7,12,15H,3-4,6,8-11H2,1-2H3,(H,20,23)/t15-/m0/s1. The Balaban J connectivity index is 1.43. The molecule has 0 spiro atoms. The molecule has 1 saturated heterocycles. The van der Waals surface area contributed by atoms with Crippen LogP contribution in [0, 0.1) is 19.8 Å². The van der Waals surface area contributed by atoms with Gasteiger partial charge in [0.25, 0.3) is 5.91 Å². The number of carbonyl (C=O) groups excluding carboxylic acids is 2. The fourth-order valence-corrected chi connectivity index (χ4v) is 3.89. The highest BCUT2D eigenvalue weighted by molar-refractivity contribution is 7.09. The Morgan fingerprint density at radius 3 is 2.92 bits per heavy atom. The number of nitrogens with one attached hydrogen (secondary N) is 1. The summed E-state index contributed by atoms with van der Waals surface area (Å²) < 4.78 is 5.45. The Bertz CT molecular complexity index is 768. The van der Waals surface area contributed by atoms with Crippen molar-refractivity contribution in [3.8, 4) is 0 Å². The van der Waals surface area contributed by atoms with Crippen molar-refractivity contribution in [2.75, 3.05) is 13.1 Å². The van der Waals surface area contributed by atoms with Crippen molar-refractivity contribution in [1.82, 2.24) is 15.2 Å². The monoisotopic (exact) mass is 375 g/mol. The van der Waals surface area contributed by atoms with Crippen molar-refractivity contribution in [3.63, 3.8) is 0 Å². The molecular weight excluding hydrogens is 350 g/mol. The van der Waals surface area contributed by atoms with E-state index in [-0.39, 0.29) is 11.8 Å². The van der Waals surface area contributed by atoms with E-state index in [2.05, 4.69) is 10.3 Å². The normalized spacial score (nSPS) is 17.3. The number of aromatic nitrogens is 1. The number of likely N-dealkylation sites (tertiary alicyclic amines) is 1. The summed E-state index contributed by atoms with van der Waals surface area (Å²) in [6.45, 7) is 5.69. The average molecular weight is 375 g/mol. The summed E-state index contributed by atoms with van der Waals surface area (Å²) in [5.74, 6) is 2.01. The largest absolute Gasteiger partial charge is 0.465 e. The molecule has 0 bridgehead atoms. The van der Waals surface area contributed by atoms with Crippen molar-refractivity contribution < 1.29 is 14.0 Å². The van der Waals surface area contributed by atoms with Gasteiger partial charge in [0.15, 0.2) is 0 Å². The summed E-state index contributed by atoms with van der Waals surface area (Å²) in [6, 6.07) is 3.76. The van der Waals surface area contributed by atoms with Gasteiger partial charge < -0.3 is 14.6 Å². The fourth-order valence-electron chi connectivity index (χ4n) is 3.30. The van der Waals surface area contributed by atoms with Crippen LogP contribution in [-0.2, 0) is 11.3 Å². The molecule has 1 aliphatic heterocycles. The molecule has 7 heteroatoms. The van der Waals surface area contributed by atoms with E-state index >= 15 is 0 Å². The molecule has 2 aromatic heterocycles. The summed E-state index contributed by atoms with van der Waals surface area (Å²) in [6.07, 6.45) is 3.31. The topological polar surface area (TPSA) is 75.4 Å². The van der Waals surface area contributed by atoms with Gasteiger partial charge in [0, 0.05) is 24.9 Å². The SMILES string of the molecule is Cc1ccc(CNC(=O)CC[C@@H]2CCCN(C(=O)c3csc(C)n3)C2)o1. The van der Waals surface area contributed by atoms with Crippen LogP contribution < -0.4 is 5.32 Å². The van der Waals surface area contributed by atoms with Crippen LogP contribution >= 0.6 is 11.3 Å². The van der Waals surface area contributed by atoms with E-state index in [0.29, 0.717) is 31.1 Å². The van der Waals surface area contributed by atoms with E-state index in [9.17, 15) is 9.59 Å². The summed E-state index contributed by atoms with van der Waals surface area (Å²) in [4.78, 5) is 30.8. The molecule has 1 N–H and O–H groups in total. The van der Waals surface area contributed by atoms with Gasteiger partial charge in [-0.1, -0.05) is 0 Å². The van der Waals surface area contributed by atoms with Gasteiger partial charge in [0.1, 0.15) is 17.2 Å². The van der Waals surface area contributed by atoms with Crippen LogP contribution in [0.15, 0.2) is 21.9 Å². The van der Waals surface area contributed by atoms with Crippen LogP contribution in [0.1, 0.15) is 52.7 Å². The first-order valence-electron chi connectivity index (χ1n) is 9.04. The first-order chi connectivity index (χ1) is 12.5. The first kappa shape index (κ1) is 18.6. The molecule has 26 heavy (non-hydrogen) atoms. The second kappa shape index (κ2) is 8.49. The number of aryl methyl sites for hydroxylation is 2. The predicted octanol–water partition coefficient (Wildman–Crippen LogP) is 3.30. The molecule has 1 atom stereocenters. The molecule has 3 heterocycles. The highest BCUT2D eigenvalue weighted by Crippen LogP contribution is 2.23. The maximum absolute atomic E-state index is 12.5. The van der Waals surface area contributed by atoms with E-state index in [0.717, 1.165) is 42.3 Å². The molecule has 3 rings (SSSR count). The minimum Gasteiger partial charge on any atom is -0.465 e. The van der Waals surface area contributed by atoms with Gasteiger partial charge in [0.05, 0.1) is 11.6 Å². The highest BCUT2D eigenvalue weighted by Gasteiger charge is 2.26. The lowest BCUT2D eigenvalue weighted by Crippen LogP contribution is -2.40. The van der Waals surface area contributed by atoms with E-state index in [4.69, 9.17) is 4.42 Å². The molecule has 0 saturated carbocycles. The Labute approximate surface area is 157 Å². The molecule has 2 amide bonds. The van der Waals surface area contributed by atoms with Crippen LogP contribution in [0.3, 0.4) is 0 Å². The van der Waals surface area contributed by atoms with Gasteiger partial charge in [0.2, 0.25) is 5.91 Å². The third-order valence-corrected chi connectivity index (χ3v) is 5.45. The number of carbonyl (C=O) groups is 2. The molecule has 6 nitrogen and oxygen atoms in total. The smallest absolute Gasteiger partial charge is 0.273 e. The fraction of sp³-hybridized carbons (Fsp3) is 0.526. The quantitative estimate of drug-likeness (QED) is 0.840. The Hall–Kier alpha value is -2.15. The molecule has 2 aromatic rings. The zero-order valence-electron chi connectivity index (χ0n) is 15.3. The average Bonchev–Trinajstić information content (AvgIpc) is 3.26. The second-order valence-corrected chi connectivity index (χ2v) is 7.90. The lowest BCUT2D eigenvalue weighted by Gasteiger charge is -2.32. The number of rotatable bonds is 6. The second-order valence-electron chi connectivity index (χ2n) is 6.84. The maximum Gasteiger partial charge on any atom is 0.273 e. The van der Waals surface area contributed by atoms with Crippen molar-refractivity contribution in [2.45, 2.75) is 46.1 Å². The van der Waals surface area contributed by atoms with Crippen LogP contribution in [0.4, 0.5) is 0 Å². The Kier molecular flexibility index (Phi) is 6.08. The van der Waals surface area contributed by atoms with Gasteiger partial charge in [-0.15, -0.1) is 11.3 Å². The van der Waals surface area contributed by atoms with E-state index in [1.165, 1.54) is 11.3 Å². The molecule has 0 aromatic carbocycles. The van der Waals surface area contributed by atoms with Crippen molar-refractivity contribution in [3.05, 3.63) is 39.7 Å². The van der Waals surface area contributed by atoms with Crippen molar-refractivity contribution in [2.24, 2.45) is 5.92 Å². The first-order valence-corrected chi connectivity index (χ1v) is 9.92. The van der Waals surface area contributed by atoms with Crippen LogP contribution in [-0.4, -0.2) is 34.8 Å². The molecule has 1 aliphatic rings. The number of amides is 2. The maximum atomic E-state index is 12.5. The number of nitrogens with zero attached hydrogens (tertiary/aromatic N) is 2. The number of thiazole rings is 1. The zero-order valence-corrected chi connectivity index (χ0v) is 16.1. The van der Waals surface area contributed by atoms with E-state index < -0.39 is 0 Å². The molecule has 0 aliphatic carbocycles. The number of furan rings is 1. The summed E-state index contributed by atoms with van der Waals surface area (Å²) in [5.41, 5.74) is 0.541. The van der Waals surface area contributed by atoms with Gasteiger partial charge in [-0.3, -0.25) is 9.59 Å².